The number of nitrogens with zero attached hydrogens (tertiary/aromatic N) is 1. The predicted octanol–water partition coefficient (Wildman–Crippen LogP) is 2.02. The molecule has 2 nitrogen and oxygen atoms in total. The van der Waals surface area contributed by atoms with Crippen molar-refractivity contribution < 1.29 is 0 Å². The van der Waals surface area contributed by atoms with Crippen molar-refractivity contribution in [3.63, 3.8) is 0 Å². The molecule has 2 N–H and O–H groups in total. The lowest BCUT2D eigenvalue weighted by Crippen LogP contribution is -2.12. The second-order valence-corrected chi connectivity index (χ2v) is 4.25. The molecule has 0 aromatic heterocycles. The summed E-state index contributed by atoms with van der Waals surface area (Å²) in [5, 5.41) is 1.15. The molecule has 0 saturated carbocycles. The molecule has 3 heteroatoms. The molecule has 0 bridgehead atoms. The van der Waals surface area contributed by atoms with E-state index in [1.165, 1.54) is 17.7 Å². The van der Waals surface area contributed by atoms with Crippen LogP contribution in [0.15, 0.2) is 16.8 Å². The fraction of sp³-hybridized carbons (Fsp3) is 0.667. The summed E-state index contributed by atoms with van der Waals surface area (Å²) >= 11 is 1.83. The van der Waals surface area contributed by atoms with Crippen molar-refractivity contribution in [1.29, 1.82) is 0 Å². The summed E-state index contributed by atoms with van der Waals surface area (Å²) in [5.74, 6) is 1.67. The van der Waals surface area contributed by atoms with Gasteiger partial charge in [-0.15, -0.1) is 11.8 Å². The Labute approximate surface area is 78.3 Å². The molecule has 0 unspecified atom stereocenters. The van der Waals surface area contributed by atoms with Gasteiger partial charge in [-0.2, -0.15) is 0 Å². The van der Waals surface area contributed by atoms with Crippen LogP contribution in [0.5, 0.6) is 0 Å². The normalized spacial score (nSPS) is 19.6. The van der Waals surface area contributed by atoms with Gasteiger partial charge in [0.1, 0.15) is 0 Å². The van der Waals surface area contributed by atoms with E-state index >= 15 is 0 Å². The quantitative estimate of drug-likeness (QED) is 0.713. The number of rotatable bonds is 2. The van der Waals surface area contributed by atoms with Gasteiger partial charge in [-0.3, -0.25) is 4.99 Å². The SMILES string of the molecule is CC(C)C(=CN)C1=NCCCS1. The topological polar surface area (TPSA) is 38.4 Å². The van der Waals surface area contributed by atoms with Gasteiger partial charge < -0.3 is 5.73 Å². The molecule has 1 heterocycles. The zero-order valence-electron chi connectivity index (χ0n) is 7.71. The van der Waals surface area contributed by atoms with E-state index in [0.29, 0.717) is 5.92 Å². The highest BCUT2D eigenvalue weighted by atomic mass is 32.2. The summed E-state index contributed by atoms with van der Waals surface area (Å²) in [6, 6.07) is 0. The molecule has 68 valence electrons. The van der Waals surface area contributed by atoms with Crippen molar-refractivity contribution in [1.82, 2.24) is 0 Å². The maximum Gasteiger partial charge on any atom is 0.0953 e. The summed E-state index contributed by atoms with van der Waals surface area (Å²) < 4.78 is 0. The van der Waals surface area contributed by atoms with E-state index in [0.717, 1.165) is 11.6 Å². The van der Waals surface area contributed by atoms with Crippen LogP contribution in [0.25, 0.3) is 0 Å². The Balaban J connectivity index is 2.72. The van der Waals surface area contributed by atoms with Crippen LogP contribution in [0.3, 0.4) is 0 Å². The van der Waals surface area contributed by atoms with Crippen LogP contribution in [0.2, 0.25) is 0 Å². The molecule has 0 aromatic rings. The van der Waals surface area contributed by atoms with Gasteiger partial charge in [0.25, 0.3) is 0 Å². The van der Waals surface area contributed by atoms with Crippen molar-refractivity contribution in [2.75, 3.05) is 12.3 Å². The lowest BCUT2D eigenvalue weighted by molar-refractivity contribution is 0.798. The van der Waals surface area contributed by atoms with Crippen LogP contribution in [0.1, 0.15) is 20.3 Å². The Bertz CT molecular complexity index is 207. The Morgan fingerprint density at radius 2 is 2.42 bits per heavy atom. The van der Waals surface area contributed by atoms with Crippen molar-refractivity contribution in [3.05, 3.63) is 11.8 Å². The van der Waals surface area contributed by atoms with Gasteiger partial charge in [0.15, 0.2) is 0 Å². The predicted molar refractivity (Wildman–Crippen MR) is 56.5 cm³/mol. The largest absolute Gasteiger partial charge is 0.404 e. The van der Waals surface area contributed by atoms with Crippen molar-refractivity contribution in [3.8, 4) is 0 Å². The first kappa shape index (κ1) is 9.65. The number of thioether (sulfide) groups is 1. The molecule has 0 aromatic carbocycles. The molecule has 1 aliphatic rings. The first-order valence-electron chi connectivity index (χ1n) is 4.35. The Morgan fingerprint density at radius 3 is 2.83 bits per heavy atom. The summed E-state index contributed by atoms with van der Waals surface area (Å²) in [6.07, 6.45) is 2.89. The van der Waals surface area contributed by atoms with E-state index in [-0.39, 0.29) is 0 Å². The van der Waals surface area contributed by atoms with Crippen LogP contribution in [0, 0.1) is 5.92 Å². The summed E-state index contributed by atoms with van der Waals surface area (Å²) in [7, 11) is 0. The van der Waals surface area contributed by atoms with Crippen molar-refractivity contribution in [2.24, 2.45) is 16.6 Å². The minimum Gasteiger partial charge on any atom is -0.404 e. The first-order valence-corrected chi connectivity index (χ1v) is 5.33. The molecule has 0 amide bonds. The van der Waals surface area contributed by atoms with E-state index in [2.05, 4.69) is 18.8 Å². The molecular formula is C9H16N2S. The molecule has 0 saturated heterocycles. The third kappa shape index (κ3) is 2.27. The first-order chi connectivity index (χ1) is 5.75. The smallest absolute Gasteiger partial charge is 0.0953 e. The average Bonchev–Trinajstić information content (AvgIpc) is 2.07. The molecule has 0 fully saturated rings. The summed E-state index contributed by atoms with van der Waals surface area (Å²) in [4.78, 5) is 4.45. The van der Waals surface area contributed by atoms with Crippen molar-refractivity contribution in [2.45, 2.75) is 20.3 Å². The minimum atomic E-state index is 0.486. The molecule has 0 aliphatic carbocycles. The van der Waals surface area contributed by atoms with Gasteiger partial charge in [0.05, 0.1) is 5.04 Å². The average molecular weight is 184 g/mol. The third-order valence-corrected chi connectivity index (χ3v) is 2.98. The minimum absolute atomic E-state index is 0.486. The Morgan fingerprint density at radius 1 is 1.67 bits per heavy atom. The molecule has 1 rings (SSSR count). The van der Waals surface area contributed by atoms with Gasteiger partial charge in [-0.1, -0.05) is 13.8 Å². The van der Waals surface area contributed by atoms with Gasteiger partial charge in [0.2, 0.25) is 0 Å². The highest BCUT2D eigenvalue weighted by molar-refractivity contribution is 8.14. The zero-order valence-corrected chi connectivity index (χ0v) is 8.53. The van der Waals surface area contributed by atoms with Crippen LogP contribution in [0.4, 0.5) is 0 Å². The lowest BCUT2D eigenvalue weighted by Gasteiger charge is -2.16. The fourth-order valence-corrected chi connectivity index (χ4v) is 2.26. The van der Waals surface area contributed by atoms with Crippen LogP contribution in [-0.4, -0.2) is 17.3 Å². The zero-order chi connectivity index (χ0) is 8.97. The molecule has 0 atom stereocenters. The maximum atomic E-state index is 5.55. The molecule has 12 heavy (non-hydrogen) atoms. The Kier molecular flexibility index (Phi) is 3.66. The highest BCUT2D eigenvalue weighted by Crippen LogP contribution is 2.22. The van der Waals surface area contributed by atoms with Crippen LogP contribution >= 0.6 is 11.8 Å². The van der Waals surface area contributed by atoms with Gasteiger partial charge in [-0.25, -0.2) is 0 Å². The lowest BCUT2D eigenvalue weighted by atomic mass is 10.1. The second kappa shape index (κ2) is 4.55. The number of aliphatic imine (C=N–C) groups is 1. The third-order valence-electron chi connectivity index (χ3n) is 1.85. The number of nitrogens with two attached hydrogens (primary N) is 1. The number of hydrogen-bond acceptors (Lipinski definition) is 3. The molecule has 0 spiro atoms. The van der Waals surface area contributed by atoms with Gasteiger partial charge >= 0.3 is 0 Å². The standard InChI is InChI=1S/C9H16N2S/c1-7(2)8(6-10)9-11-4-3-5-12-9/h6-7H,3-5,10H2,1-2H3. The summed E-state index contributed by atoms with van der Waals surface area (Å²) in [6.45, 7) is 5.26. The van der Waals surface area contributed by atoms with E-state index in [9.17, 15) is 0 Å². The van der Waals surface area contributed by atoms with E-state index < -0.39 is 0 Å². The number of hydrogen-bond donors (Lipinski definition) is 1. The van der Waals surface area contributed by atoms with E-state index in [1.807, 2.05) is 11.8 Å². The fourth-order valence-electron chi connectivity index (χ4n) is 1.14. The monoisotopic (exact) mass is 184 g/mol. The second-order valence-electron chi connectivity index (χ2n) is 3.17. The van der Waals surface area contributed by atoms with Gasteiger partial charge in [0, 0.05) is 17.9 Å². The van der Waals surface area contributed by atoms with Crippen LogP contribution < -0.4 is 5.73 Å². The van der Waals surface area contributed by atoms with Crippen LogP contribution in [-0.2, 0) is 0 Å². The van der Waals surface area contributed by atoms with Crippen molar-refractivity contribution >= 4 is 16.8 Å². The summed E-state index contributed by atoms with van der Waals surface area (Å²) in [5.41, 5.74) is 6.74. The highest BCUT2D eigenvalue weighted by Gasteiger charge is 2.13. The van der Waals surface area contributed by atoms with Gasteiger partial charge in [-0.05, 0) is 18.5 Å². The molecule has 1 aliphatic heterocycles. The van der Waals surface area contributed by atoms with E-state index in [4.69, 9.17) is 5.73 Å². The molecule has 0 radical (unpaired) electrons. The maximum absolute atomic E-state index is 5.55. The molecular weight excluding hydrogens is 168 g/mol. The van der Waals surface area contributed by atoms with E-state index in [1.54, 1.807) is 6.20 Å². The Hall–Kier alpha value is -0.440.